The Morgan fingerprint density at radius 3 is 2.08 bits per heavy atom. The number of carbonyl (C=O) groups excluding carboxylic acids is 2. The summed E-state index contributed by atoms with van der Waals surface area (Å²) in [6.07, 6.45) is 1.22. The zero-order chi connectivity index (χ0) is 19.6. The number of hydrogen-bond donors (Lipinski definition) is 1. The number of sulfonamides is 1. The summed E-state index contributed by atoms with van der Waals surface area (Å²) in [5, 5.41) is 2.61. The van der Waals surface area contributed by atoms with Gasteiger partial charge in [0.1, 0.15) is 0 Å². The van der Waals surface area contributed by atoms with Crippen molar-refractivity contribution in [1.29, 1.82) is 0 Å². The van der Waals surface area contributed by atoms with E-state index in [4.69, 9.17) is 0 Å². The van der Waals surface area contributed by atoms with Gasteiger partial charge in [0.25, 0.3) is 15.9 Å². The first-order chi connectivity index (χ1) is 12.0. The van der Waals surface area contributed by atoms with Crippen molar-refractivity contribution in [2.75, 3.05) is 19.4 Å². The van der Waals surface area contributed by atoms with Gasteiger partial charge in [-0.25, -0.2) is 17.7 Å². The highest BCUT2D eigenvalue weighted by Gasteiger charge is 2.19. The van der Waals surface area contributed by atoms with Gasteiger partial charge in [0.05, 0.1) is 5.56 Å². The Labute approximate surface area is 153 Å². The molecule has 0 unspecified atom stereocenters. The van der Waals surface area contributed by atoms with Crippen LogP contribution in [0.3, 0.4) is 0 Å². The van der Waals surface area contributed by atoms with E-state index in [9.17, 15) is 18.0 Å². The Morgan fingerprint density at radius 1 is 1.08 bits per heavy atom. The van der Waals surface area contributed by atoms with E-state index in [2.05, 4.69) is 10.3 Å². The highest BCUT2D eigenvalue weighted by molar-refractivity contribution is 7.89. The van der Waals surface area contributed by atoms with E-state index in [1.807, 2.05) is 13.8 Å². The number of pyridine rings is 1. The van der Waals surface area contributed by atoms with Crippen LogP contribution in [-0.2, 0) is 10.0 Å². The second kappa shape index (κ2) is 7.35. The summed E-state index contributed by atoms with van der Waals surface area (Å²) >= 11 is 0. The van der Waals surface area contributed by atoms with E-state index >= 15 is 0 Å². The lowest BCUT2D eigenvalue weighted by Gasteiger charge is -2.12. The van der Waals surface area contributed by atoms with E-state index in [1.165, 1.54) is 39.3 Å². The van der Waals surface area contributed by atoms with Crippen molar-refractivity contribution in [3.8, 4) is 0 Å². The molecule has 0 fully saturated rings. The maximum absolute atomic E-state index is 12.4. The minimum absolute atomic E-state index is 0.0280. The molecular formula is C18H21N3O4S. The number of benzene rings is 1. The molecular weight excluding hydrogens is 354 g/mol. The fourth-order valence-corrected chi connectivity index (χ4v) is 3.45. The smallest absolute Gasteiger partial charge is 0.260 e. The van der Waals surface area contributed by atoms with Gasteiger partial charge in [0.15, 0.2) is 10.8 Å². The summed E-state index contributed by atoms with van der Waals surface area (Å²) in [6.45, 7) is 5.12. The lowest BCUT2D eigenvalue weighted by atomic mass is 9.99. The van der Waals surface area contributed by atoms with Crippen molar-refractivity contribution in [3.05, 3.63) is 52.7 Å². The van der Waals surface area contributed by atoms with Gasteiger partial charge >= 0.3 is 0 Å². The Morgan fingerprint density at radius 2 is 1.65 bits per heavy atom. The molecule has 0 bridgehead atoms. The summed E-state index contributed by atoms with van der Waals surface area (Å²) in [4.78, 5) is 27.9. The predicted molar refractivity (Wildman–Crippen MR) is 99.0 cm³/mol. The third-order valence-corrected chi connectivity index (χ3v) is 5.62. The Bertz CT molecular complexity index is 941. The molecule has 2 aromatic rings. The Hall–Kier alpha value is -2.58. The zero-order valence-electron chi connectivity index (χ0n) is 15.3. The van der Waals surface area contributed by atoms with Crippen LogP contribution in [0.4, 0.5) is 5.69 Å². The molecule has 1 heterocycles. The number of anilines is 1. The fourth-order valence-electron chi connectivity index (χ4n) is 2.65. The van der Waals surface area contributed by atoms with Gasteiger partial charge in [0.2, 0.25) is 0 Å². The van der Waals surface area contributed by atoms with Crippen LogP contribution in [-0.4, -0.2) is 43.5 Å². The fraction of sp³-hybridized carbons (Fsp3) is 0.278. The van der Waals surface area contributed by atoms with Crippen molar-refractivity contribution in [2.24, 2.45) is 0 Å². The number of hydrogen-bond acceptors (Lipinski definition) is 5. The topological polar surface area (TPSA) is 96.4 Å². The third kappa shape index (κ3) is 3.97. The number of nitrogens with one attached hydrogen (secondary N) is 1. The molecule has 0 aliphatic rings. The molecule has 1 aromatic heterocycles. The number of aryl methyl sites for hydroxylation is 2. The molecule has 0 radical (unpaired) electrons. The summed E-state index contributed by atoms with van der Waals surface area (Å²) < 4.78 is 25.1. The summed E-state index contributed by atoms with van der Waals surface area (Å²) in [5.74, 6) is -0.444. The normalized spacial score (nSPS) is 11.5. The molecule has 0 aliphatic heterocycles. The highest BCUT2D eigenvalue weighted by Crippen LogP contribution is 2.21. The quantitative estimate of drug-likeness (QED) is 0.810. The van der Waals surface area contributed by atoms with Crippen molar-refractivity contribution < 1.29 is 18.0 Å². The van der Waals surface area contributed by atoms with Crippen LogP contribution in [0.2, 0.25) is 0 Å². The van der Waals surface area contributed by atoms with Gasteiger partial charge in [0, 0.05) is 31.5 Å². The number of carbonyl (C=O) groups is 2. The molecule has 26 heavy (non-hydrogen) atoms. The molecule has 138 valence electrons. The number of Topliss-reactive ketones (excluding diaryl/α,β-unsaturated/α-hetero) is 1. The van der Waals surface area contributed by atoms with Crippen LogP contribution in [0.1, 0.15) is 38.8 Å². The number of amides is 1. The van der Waals surface area contributed by atoms with Crippen LogP contribution in [0.15, 0.2) is 35.5 Å². The monoisotopic (exact) mass is 375 g/mol. The second-order valence-electron chi connectivity index (χ2n) is 6.17. The molecule has 0 saturated heterocycles. The van der Waals surface area contributed by atoms with E-state index < -0.39 is 15.9 Å². The molecule has 1 aromatic carbocycles. The minimum atomic E-state index is -3.64. The van der Waals surface area contributed by atoms with Crippen LogP contribution in [0.25, 0.3) is 0 Å². The summed E-state index contributed by atoms with van der Waals surface area (Å²) in [6, 6.07) is 6.14. The molecule has 0 atom stereocenters. The van der Waals surface area contributed by atoms with Crippen molar-refractivity contribution >= 4 is 27.4 Å². The number of aromatic nitrogens is 1. The number of nitrogens with zero attached hydrogens (tertiary/aromatic N) is 2. The van der Waals surface area contributed by atoms with E-state index in [1.54, 1.807) is 12.1 Å². The first kappa shape index (κ1) is 19.7. The van der Waals surface area contributed by atoms with Gasteiger partial charge in [-0.2, -0.15) is 0 Å². The van der Waals surface area contributed by atoms with Crippen LogP contribution >= 0.6 is 0 Å². The molecule has 0 spiro atoms. The zero-order valence-corrected chi connectivity index (χ0v) is 16.1. The molecule has 0 saturated carbocycles. The SMILES string of the molecule is CC(=O)c1c(C)cc(NC(=O)c2ccc(S(=O)(=O)N(C)C)nc2)cc1C. The van der Waals surface area contributed by atoms with Gasteiger partial charge in [-0.05, 0) is 56.2 Å². The molecule has 8 heteroatoms. The van der Waals surface area contributed by atoms with Crippen LogP contribution in [0.5, 0.6) is 0 Å². The van der Waals surface area contributed by atoms with Crippen LogP contribution in [0, 0.1) is 13.8 Å². The third-order valence-electron chi connectivity index (χ3n) is 3.89. The Kier molecular flexibility index (Phi) is 5.58. The minimum Gasteiger partial charge on any atom is -0.322 e. The molecule has 7 nitrogen and oxygen atoms in total. The van der Waals surface area contributed by atoms with E-state index in [0.717, 1.165) is 15.4 Å². The Balaban J connectivity index is 2.25. The van der Waals surface area contributed by atoms with Crippen molar-refractivity contribution in [2.45, 2.75) is 25.8 Å². The van der Waals surface area contributed by atoms with Gasteiger partial charge in [-0.3, -0.25) is 9.59 Å². The molecule has 1 N–H and O–H groups in total. The maximum atomic E-state index is 12.4. The van der Waals surface area contributed by atoms with Crippen molar-refractivity contribution in [1.82, 2.24) is 9.29 Å². The maximum Gasteiger partial charge on any atom is 0.260 e. The van der Waals surface area contributed by atoms with Crippen LogP contribution < -0.4 is 5.32 Å². The lowest BCUT2D eigenvalue weighted by molar-refractivity contribution is 0.101. The summed E-state index contributed by atoms with van der Waals surface area (Å²) in [7, 11) is -0.824. The average molecular weight is 375 g/mol. The second-order valence-corrected chi connectivity index (χ2v) is 8.27. The molecule has 2 rings (SSSR count). The largest absolute Gasteiger partial charge is 0.322 e. The number of rotatable bonds is 5. The highest BCUT2D eigenvalue weighted by atomic mass is 32.2. The first-order valence-electron chi connectivity index (χ1n) is 7.86. The van der Waals surface area contributed by atoms with E-state index in [0.29, 0.717) is 11.3 Å². The van der Waals surface area contributed by atoms with Gasteiger partial charge < -0.3 is 5.32 Å². The molecule has 0 aliphatic carbocycles. The lowest BCUT2D eigenvalue weighted by Crippen LogP contribution is -2.23. The van der Waals surface area contributed by atoms with E-state index in [-0.39, 0.29) is 16.4 Å². The average Bonchev–Trinajstić information content (AvgIpc) is 2.53. The standard InChI is InChI=1S/C18H21N3O4S/c1-11-8-15(9-12(2)17(11)13(3)22)20-18(23)14-6-7-16(19-10-14)26(24,25)21(4)5/h6-10H,1-5H3,(H,20,23). The summed E-state index contributed by atoms with van der Waals surface area (Å²) in [5.41, 5.74) is 2.98. The predicted octanol–water partition coefficient (Wildman–Crippen LogP) is 2.40. The number of ketones is 1. The molecule has 1 amide bonds. The van der Waals surface area contributed by atoms with Gasteiger partial charge in [-0.1, -0.05) is 0 Å². The van der Waals surface area contributed by atoms with Crippen molar-refractivity contribution in [3.63, 3.8) is 0 Å². The first-order valence-corrected chi connectivity index (χ1v) is 9.30. The van der Waals surface area contributed by atoms with Gasteiger partial charge in [-0.15, -0.1) is 0 Å².